The lowest BCUT2D eigenvalue weighted by Crippen LogP contribution is -2.39. The number of carboxylic acids is 1. The summed E-state index contributed by atoms with van der Waals surface area (Å²) in [5, 5.41) is 14.9. The number of aromatic carboxylic acids is 1. The van der Waals surface area contributed by atoms with Crippen LogP contribution in [0.4, 0.5) is 10.5 Å². The number of ether oxygens (including phenoxy) is 1. The van der Waals surface area contributed by atoms with Gasteiger partial charge in [0.1, 0.15) is 11.5 Å². The average Bonchev–Trinajstić information content (AvgIpc) is 2.86. The van der Waals surface area contributed by atoms with Crippen LogP contribution in [0.5, 0.6) is 11.5 Å². The molecule has 0 aliphatic carbocycles. The smallest absolute Gasteiger partial charge is 0.335 e. The second-order valence-electron chi connectivity index (χ2n) is 8.50. The maximum absolute atomic E-state index is 12.3. The zero-order chi connectivity index (χ0) is 23.8. The first kappa shape index (κ1) is 23.3. The second-order valence-corrected chi connectivity index (χ2v) is 8.50. The minimum absolute atomic E-state index is 0.210. The van der Waals surface area contributed by atoms with Crippen molar-refractivity contribution >= 4 is 17.7 Å². The Hall–Kier alpha value is -3.84. The van der Waals surface area contributed by atoms with Gasteiger partial charge in [-0.3, -0.25) is 4.90 Å². The molecule has 2 amide bonds. The van der Waals surface area contributed by atoms with Crippen molar-refractivity contribution < 1.29 is 19.4 Å². The molecule has 176 valence electrons. The number of piperidine rings is 1. The number of carbonyl (C=O) groups excluding carboxylic acids is 1. The summed E-state index contributed by atoms with van der Waals surface area (Å²) in [6.07, 6.45) is 2.03. The molecule has 1 aliphatic rings. The number of benzene rings is 3. The Morgan fingerprint density at radius 3 is 2.18 bits per heavy atom. The number of hydrogen-bond acceptors (Lipinski definition) is 4. The van der Waals surface area contributed by atoms with Crippen LogP contribution >= 0.6 is 0 Å². The van der Waals surface area contributed by atoms with Gasteiger partial charge in [0, 0.05) is 18.8 Å². The number of likely N-dealkylation sites (tertiary alicyclic amines) is 1. The number of carbonyl (C=O) groups is 2. The van der Waals surface area contributed by atoms with Crippen molar-refractivity contribution in [1.82, 2.24) is 10.2 Å². The third-order valence-electron chi connectivity index (χ3n) is 5.96. The summed E-state index contributed by atoms with van der Waals surface area (Å²) in [7, 11) is 0. The largest absolute Gasteiger partial charge is 0.478 e. The molecule has 1 saturated heterocycles. The maximum atomic E-state index is 12.3. The van der Waals surface area contributed by atoms with Crippen LogP contribution in [0.2, 0.25) is 0 Å². The summed E-state index contributed by atoms with van der Waals surface area (Å²) in [6.45, 7) is 3.36. The van der Waals surface area contributed by atoms with Crippen LogP contribution in [0.3, 0.4) is 0 Å². The van der Waals surface area contributed by atoms with E-state index in [4.69, 9.17) is 9.84 Å². The summed E-state index contributed by atoms with van der Waals surface area (Å²) < 4.78 is 5.77. The van der Waals surface area contributed by atoms with Crippen LogP contribution < -0.4 is 15.4 Å². The molecule has 0 spiro atoms. The van der Waals surface area contributed by atoms with Gasteiger partial charge < -0.3 is 20.5 Å². The van der Waals surface area contributed by atoms with Crippen LogP contribution in [0, 0.1) is 5.92 Å². The minimum Gasteiger partial charge on any atom is -0.478 e. The number of urea groups is 1. The van der Waals surface area contributed by atoms with Crippen LogP contribution in [0.25, 0.3) is 0 Å². The quantitative estimate of drug-likeness (QED) is 0.430. The van der Waals surface area contributed by atoms with Crippen molar-refractivity contribution in [2.75, 3.05) is 25.0 Å². The lowest BCUT2D eigenvalue weighted by atomic mass is 9.96. The molecule has 1 fully saturated rings. The number of para-hydroxylation sites is 1. The molecule has 0 aromatic heterocycles. The monoisotopic (exact) mass is 459 g/mol. The highest BCUT2D eigenvalue weighted by molar-refractivity contribution is 5.89. The molecule has 7 nitrogen and oxygen atoms in total. The van der Waals surface area contributed by atoms with Crippen molar-refractivity contribution in [1.29, 1.82) is 0 Å². The molecule has 0 unspecified atom stereocenters. The fourth-order valence-electron chi connectivity index (χ4n) is 4.00. The predicted molar refractivity (Wildman–Crippen MR) is 131 cm³/mol. The van der Waals surface area contributed by atoms with E-state index in [1.807, 2.05) is 66.7 Å². The standard InChI is InChI=1S/C27H29N3O4/c31-26(32)22-8-6-21(7-9-22)19-30-16-14-20(15-17-30)18-28-27(33)29-23-10-12-25(13-11-23)34-24-4-2-1-3-5-24/h1-13,20H,14-19H2,(H,31,32)(H2,28,29,33). The Labute approximate surface area is 199 Å². The molecule has 0 radical (unpaired) electrons. The Kier molecular flexibility index (Phi) is 7.78. The van der Waals surface area contributed by atoms with Crippen molar-refractivity contribution in [3.8, 4) is 11.5 Å². The van der Waals surface area contributed by atoms with Crippen molar-refractivity contribution in [3.63, 3.8) is 0 Å². The van der Waals surface area contributed by atoms with Gasteiger partial charge in [0.05, 0.1) is 5.56 Å². The summed E-state index contributed by atoms with van der Waals surface area (Å²) in [4.78, 5) is 25.6. The van der Waals surface area contributed by atoms with E-state index in [2.05, 4.69) is 15.5 Å². The van der Waals surface area contributed by atoms with E-state index in [1.165, 1.54) is 0 Å². The first-order chi connectivity index (χ1) is 16.5. The number of carboxylic acid groups (broad SMARTS) is 1. The lowest BCUT2D eigenvalue weighted by molar-refractivity contribution is 0.0697. The molecule has 3 aromatic carbocycles. The van der Waals surface area contributed by atoms with Gasteiger partial charge in [-0.05, 0) is 85.9 Å². The number of amides is 2. The Bertz CT molecular complexity index is 1080. The van der Waals surface area contributed by atoms with Gasteiger partial charge in [0.15, 0.2) is 0 Å². The molecule has 1 heterocycles. The van der Waals surface area contributed by atoms with Gasteiger partial charge in [0.2, 0.25) is 0 Å². The molecule has 7 heteroatoms. The second kappa shape index (κ2) is 11.3. The van der Waals surface area contributed by atoms with Crippen molar-refractivity contribution in [2.24, 2.45) is 5.92 Å². The van der Waals surface area contributed by atoms with Gasteiger partial charge >= 0.3 is 12.0 Å². The van der Waals surface area contributed by atoms with Gasteiger partial charge in [-0.1, -0.05) is 30.3 Å². The van der Waals surface area contributed by atoms with E-state index >= 15 is 0 Å². The summed E-state index contributed by atoms with van der Waals surface area (Å²) in [5.41, 5.74) is 2.13. The molecule has 0 bridgehead atoms. The van der Waals surface area contributed by atoms with E-state index in [1.54, 1.807) is 12.1 Å². The zero-order valence-electron chi connectivity index (χ0n) is 18.9. The lowest BCUT2D eigenvalue weighted by Gasteiger charge is -2.32. The fourth-order valence-corrected chi connectivity index (χ4v) is 4.00. The summed E-state index contributed by atoms with van der Waals surface area (Å²) in [6, 6.07) is 23.7. The van der Waals surface area contributed by atoms with Gasteiger partial charge in [-0.2, -0.15) is 0 Å². The Balaban J connectivity index is 1.15. The van der Waals surface area contributed by atoms with E-state index in [-0.39, 0.29) is 6.03 Å². The predicted octanol–water partition coefficient (Wildman–Crippen LogP) is 5.21. The molecular formula is C27H29N3O4. The highest BCUT2D eigenvalue weighted by Crippen LogP contribution is 2.23. The van der Waals surface area contributed by atoms with E-state index in [9.17, 15) is 9.59 Å². The number of hydrogen-bond donors (Lipinski definition) is 3. The molecule has 1 aliphatic heterocycles. The highest BCUT2D eigenvalue weighted by atomic mass is 16.5. The molecular weight excluding hydrogens is 430 g/mol. The fraction of sp³-hybridized carbons (Fsp3) is 0.259. The van der Waals surface area contributed by atoms with Crippen LogP contribution in [-0.4, -0.2) is 41.6 Å². The molecule has 3 aromatic rings. The van der Waals surface area contributed by atoms with E-state index in [0.29, 0.717) is 29.5 Å². The molecule has 0 atom stereocenters. The van der Waals surface area contributed by atoms with Crippen molar-refractivity contribution in [3.05, 3.63) is 90.0 Å². The third kappa shape index (κ3) is 6.83. The zero-order valence-corrected chi connectivity index (χ0v) is 18.9. The Morgan fingerprint density at radius 2 is 1.53 bits per heavy atom. The highest BCUT2D eigenvalue weighted by Gasteiger charge is 2.20. The third-order valence-corrected chi connectivity index (χ3v) is 5.96. The number of anilines is 1. The first-order valence-electron chi connectivity index (χ1n) is 11.5. The first-order valence-corrected chi connectivity index (χ1v) is 11.5. The van der Waals surface area contributed by atoms with Gasteiger partial charge in [0.25, 0.3) is 0 Å². The van der Waals surface area contributed by atoms with Crippen LogP contribution in [-0.2, 0) is 6.54 Å². The number of rotatable bonds is 8. The SMILES string of the molecule is O=C(NCC1CCN(Cc2ccc(C(=O)O)cc2)CC1)Nc1ccc(Oc2ccccc2)cc1. The number of nitrogens with zero attached hydrogens (tertiary/aromatic N) is 1. The molecule has 3 N–H and O–H groups in total. The van der Waals surface area contributed by atoms with Gasteiger partial charge in [-0.15, -0.1) is 0 Å². The maximum Gasteiger partial charge on any atom is 0.335 e. The van der Waals surface area contributed by atoms with E-state index < -0.39 is 5.97 Å². The van der Waals surface area contributed by atoms with Crippen molar-refractivity contribution in [2.45, 2.75) is 19.4 Å². The molecule has 4 rings (SSSR count). The summed E-state index contributed by atoms with van der Waals surface area (Å²) in [5.74, 6) is 1.01. The average molecular weight is 460 g/mol. The summed E-state index contributed by atoms with van der Waals surface area (Å²) >= 11 is 0. The minimum atomic E-state index is -0.905. The van der Waals surface area contributed by atoms with Gasteiger partial charge in [-0.25, -0.2) is 9.59 Å². The molecule has 0 saturated carbocycles. The van der Waals surface area contributed by atoms with E-state index in [0.717, 1.165) is 43.8 Å². The normalized spacial score (nSPS) is 14.4. The number of nitrogens with one attached hydrogen (secondary N) is 2. The van der Waals surface area contributed by atoms with Crippen LogP contribution in [0.1, 0.15) is 28.8 Å². The Morgan fingerprint density at radius 1 is 0.882 bits per heavy atom. The van der Waals surface area contributed by atoms with Crippen LogP contribution in [0.15, 0.2) is 78.9 Å². The molecule has 34 heavy (non-hydrogen) atoms. The topological polar surface area (TPSA) is 90.9 Å².